The van der Waals surface area contributed by atoms with Gasteiger partial charge in [-0.1, -0.05) is 18.2 Å². The van der Waals surface area contributed by atoms with Crippen LogP contribution >= 0.6 is 0 Å². The predicted octanol–water partition coefficient (Wildman–Crippen LogP) is 2.20. The average molecular weight is 237 g/mol. The van der Waals surface area contributed by atoms with Gasteiger partial charge >= 0.3 is 0 Å². The van der Waals surface area contributed by atoms with Gasteiger partial charge in [-0.3, -0.25) is 9.78 Å². The third kappa shape index (κ3) is 1.59. The summed E-state index contributed by atoms with van der Waals surface area (Å²) in [6.07, 6.45) is 4.86. The van der Waals surface area contributed by atoms with Crippen molar-refractivity contribution in [1.29, 1.82) is 0 Å². The van der Waals surface area contributed by atoms with Gasteiger partial charge in [0.15, 0.2) is 0 Å². The lowest BCUT2D eigenvalue weighted by molar-refractivity contribution is 0.103. The first-order valence-electron chi connectivity index (χ1n) is 5.62. The quantitative estimate of drug-likeness (QED) is 0.642. The zero-order valence-corrected chi connectivity index (χ0v) is 9.87. The van der Waals surface area contributed by atoms with E-state index in [0.717, 1.165) is 10.9 Å². The Bertz CT molecular complexity index is 725. The first-order valence-corrected chi connectivity index (χ1v) is 5.62. The van der Waals surface area contributed by atoms with Crippen LogP contribution in [0.25, 0.3) is 10.9 Å². The number of pyridine rings is 1. The number of benzene rings is 1. The molecular formula is C14H11N3O. The highest BCUT2D eigenvalue weighted by Crippen LogP contribution is 2.19. The number of aromatic nitrogens is 3. The first-order chi connectivity index (χ1) is 8.77. The molecule has 88 valence electrons. The van der Waals surface area contributed by atoms with Crippen molar-refractivity contribution in [3.05, 3.63) is 60.3 Å². The van der Waals surface area contributed by atoms with Gasteiger partial charge in [0.05, 0.1) is 18.0 Å². The number of para-hydroxylation sites is 1. The van der Waals surface area contributed by atoms with Crippen molar-refractivity contribution in [1.82, 2.24) is 14.5 Å². The minimum absolute atomic E-state index is 0.0337. The molecule has 2 heterocycles. The number of nitrogens with zero attached hydrogens (tertiary/aromatic N) is 3. The summed E-state index contributed by atoms with van der Waals surface area (Å²) in [4.78, 5) is 20.7. The molecule has 3 rings (SSSR count). The highest BCUT2D eigenvalue weighted by molar-refractivity contribution is 6.14. The third-order valence-electron chi connectivity index (χ3n) is 2.94. The van der Waals surface area contributed by atoms with Crippen LogP contribution in [0.4, 0.5) is 0 Å². The van der Waals surface area contributed by atoms with E-state index in [-0.39, 0.29) is 5.78 Å². The van der Waals surface area contributed by atoms with Gasteiger partial charge in [0.2, 0.25) is 5.78 Å². The summed E-state index contributed by atoms with van der Waals surface area (Å²) in [7, 11) is 1.81. The summed E-state index contributed by atoms with van der Waals surface area (Å²) in [5.74, 6) is -0.0337. The van der Waals surface area contributed by atoms with Gasteiger partial charge in [-0.05, 0) is 12.1 Å². The van der Waals surface area contributed by atoms with Crippen molar-refractivity contribution in [2.75, 3.05) is 0 Å². The molecule has 0 saturated carbocycles. The van der Waals surface area contributed by atoms with E-state index in [4.69, 9.17) is 0 Å². The fourth-order valence-electron chi connectivity index (χ4n) is 2.01. The average Bonchev–Trinajstić information content (AvgIpc) is 2.83. The topological polar surface area (TPSA) is 47.8 Å². The van der Waals surface area contributed by atoms with Crippen LogP contribution in [0.5, 0.6) is 0 Å². The number of hydrogen-bond acceptors (Lipinski definition) is 3. The highest BCUT2D eigenvalue weighted by atomic mass is 16.1. The van der Waals surface area contributed by atoms with Gasteiger partial charge in [-0.2, -0.15) is 0 Å². The minimum Gasteiger partial charge on any atom is -0.331 e. The predicted molar refractivity (Wildman–Crippen MR) is 68.4 cm³/mol. The molecule has 0 N–H and O–H groups in total. The van der Waals surface area contributed by atoms with Gasteiger partial charge < -0.3 is 4.57 Å². The number of fused-ring (bicyclic) bond motifs is 1. The van der Waals surface area contributed by atoms with E-state index in [9.17, 15) is 4.79 Å². The zero-order chi connectivity index (χ0) is 12.5. The van der Waals surface area contributed by atoms with E-state index in [2.05, 4.69) is 9.97 Å². The summed E-state index contributed by atoms with van der Waals surface area (Å²) >= 11 is 0. The van der Waals surface area contributed by atoms with E-state index >= 15 is 0 Å². The first kappa shape index (κ1) is 10.7. The second-order valence-electron chi connectivity index (χ2n) is 4.09. The van der Waals surface area contributed by atoms with Crippen molar-refractivity contribution in [2.24, 2.45) is 7.05 Å². The Hall–Kier alpha value is -2.49. The molecule has 0 amide bonds. The summed E-state index contributed by atoms with van der Waals surface area (Å²) in [5, 5.41) is 0.867. The van der Waals surface area contributed by atoms with Gasteiger partial charge in [-0.25, -0.2) is 4.98 Å². The fourth-order valence-corrected chi connectivity index (χ4v) is 2.01. The Morgan fingerprint density at radius 1 is 1.22 bits per heavy atom. The van der Waals surface area contributed by atoms with Crippen LogP contribution in [-0.4, -0.2) is 20.3 Å². The fraction of sp³-hybridized carbons (Fsp3) is 0.0714. The van der Waals surface area contributed by atoms with Crippen molar-refractivity contribution >= 4 is 16.7 Å². The highest BCUT2D eigenvalue weighted by Gasteiger charge is 2.15. The molecule has 0 aliphatic carbocycles. The molecule has 0 aliphatic heterocycles. The van der Waals surface area contributed by atoms with Gasteiger partial charge in [0.25, 0.3) is 0 Å². The molecule has 0 fully saturated rings. The largest absolute Gasteiger partial charge is 0.331 e. The molecule has 0 unspecified atom stereocenters. The molecule has 0 radical (unpaired) electrons. The molecule has 4 heteroatoms. The van der Waals surface area contributed by atoms with Crippen LogP contribution in [0.3, 0.4) is 0 Å². The standard InChI is InChI=1S/C14H11N3O/c1-17-9-15-8-13(17)14(18)11-6-7-16-12-5-3-2-4-10(11)12/h2-9H,1H3. The van der Waals surface area contributed by atoms with Crippen LogP contribution in [0.1, 0.15) is 16.1 Å². The van der Waals surface area contributed by atoms with E-state index in [1.807, 2.05) is 31.3 Å². The van der Waals surface area contributed by atoms with Gasteiger partial charge in [0.1, 0.15) is 5.69 Å². The summed E-state index contributed by atoms with van der Waals surface area (Å²) in [6.45, 7) is 0. The Morgan fingerprint density at radius 2 is 2.06 bits per heavy atom. The Kier molecular flexibility index (Phi) is 2.41. The van der Waals surface area contributed by atoms with E-state index in [0.29, 0.717) is 11.3 Å². The molecule has 2 aromatic heterocycles. The SMILES string of the molecule is Cn1cncc1C(=O)c1ccnc2ccccc12. The Morgan fingerprint density at radius 3 is 2.83 bits per heavy atom. The number of ketones is 1. The maximum atomic E-state index is 12.5. The summed E-state index contributed by atoms with van der Waals surface area (Å²) < 4.78 is 1.72. The minimum atomic E-state index is -0.0337. The molecule has 0 atom stereocenters. The number of aryl methyl sites for hydroxylation is 1. The monoisotopic (exact) mass is 237 g/mol. The van der Waals surface area contributed by atoms with Crippen LogP contribution in [-0.2, 0) is 7.05 Å². The molecule has 1 aromatic carbocycles. The molecule has 0 saturated heterocycles. The van der Waals surface area contributed by atoms with Crippen LogP contribution in [0.2, 0.25) is 0 Å². The molecule has 0 bridgehead atoms. The van der Waals surface area contributed by atoms with Gasteiger partial charge in [0, 0.05) is 24.2 Å². The molecule has 0 spiro atoms. The normalized spacial score (nSPS) is 10.7. The maximum absolute atomic E-state index is 12.5. The lowest BCUT2D eigenvalue weighted by Gasteiger charge is -2.05. The van der Waals surface area contributed by atoms with E-state index < -0.39 is 0 Å². The second kappa shape index (κ2) is 4.07. The maximum Gasteiger partial charge on any atom is 0.211 e. The number of carbonyl (C=O) groups excluding carboxylic acids is 1. The van der Waals surface area contributed by atoms with E-state index in [1.54, 1.807) is 29.4 Å². The Balaban J connectivity index is 2.21. The Labute approximate surface area is 104 Å². The van der Waals surface area contributed by atoms with Crippen LogP contribution in [0, 0.1) is 0 Å². The van der Waals surface area contributed by atoms with Crippen molar-refractivity contribution < 1.29 is 4.79 Å². The molecular weight excluding hydrogens is 226 g/mol. The molecule has 4 nitrogen and oxygen atoms in total. The van der Waals surface area contributed by atoms with Gasteiger partial charge in [-0.15, -0.1) is 0 Å². The molecule has 18 heavy (non-hydrogen) atoms. The van der Waals surface area contributed by atoms with Crippen molar-refractivity contribution in [3.8, 4) is 0 Å². The van der Waals surface area contributed by atoms with E-state index in [1.165, 1.54) is 0 Å². The number of hydrogen-bond donors (Lipinski definition) is 0. The summed E-state index contributed by atoms with van der Waals surface area (Å²) in [5.41, 5.74) is 2.06. The molecule has 0 aliphatic rings. The lowest BCUT2D eigenvalue weighted by Crippen LogP contribution is -2.07. The zero-order valence-electron chi connectivity index (χ0n) is 9.87. The van der Waals surface area contributed by atoms with Crippen molar-refractivity contribution in [3.63, 3.8) is 0 Å². The van der Waals surface area contributed by atoms with Crippen LogP contribution < -0.4 is 0 Å². The van der Waals surface area contributed by atoms with Crippen molar-refractivity contribution in [2.45, 2.75) is 0 Å². The number of rotatable bonds is 2. The number of imidazole rings is 1. The summed E-state index contributed by atoms with van der Waals surface area (Å²) in [6, 6.07) is 9.37. The third-order valence-corrected chi connectivity index (χ3v) is 2.94. The van der Waals surface area contributed by atoms with Crippen LogP contribution in [0.15, 0.2) is 49.1 Å². The second-order valence-corrected chi connectivity index (χ2v) is 4.09. The number of carbonyl (C=O) groups is 1. The lowest BCUT2D eigenvalue weighted by atomic mass is 10.0. The molecule has 3 aromatic rings. The smallest absolute Gasteiger partial charge is 0.211 e.